The Morgan fingerprint density at radius 2 is 0.772 bits per heavy atom. The Hall–Kier alpha value is -7.27. The first kappa shape index (κ1) is 79.0. The fourth-order valence-electron chi connectivity index (χ4n) is 9.75. The molecule has 0 aliphatic carbocycles. The fraction of sp³-hybridized carbons (Fsp3) is 0.556. The molecule has 1 unspecified atom stereocenters. The smallest absolute Gasteiger partial charge is 0.572 e. The van der Waals surface area contributed by atoms with Crippen LogP contribution in [0.3, 0.4) is 0 Å². The van der Waals surface area contributed by atoms with Gasteiger partial charge >= 0.3 is 27.0 Å². The number of aliphatic imine (C=N–C) groups is 1. The van der Waals surface area contributed by atoms with Crippen molar-refractivity contribution in [2.24, 2.45) is 38.0 Å². The third-order valence-corrected chi connectivity index (χ3v) is 14.1. The number of rotatable bonds is 16. The summed E-state index contributed by atoms with van der Waals surface area (Å²) >= 11 is 0. The Balaban J connectivity index is 0.000000300. The third kappa shape index (κ3) is 26.4. The van der Waals surface area contributed by atoms with Crippen LogP contribution in [-0.4, -0.2) is 96.9 Å². The van der Waals surface area contributed by atoms with Crippen LogP contribution in [0, 0.1) is 46.8 Å². The van der Waals surface area contributed by atoms with E-state index in [1.54, 1.807) is 38.6 Å². The number of allylic oxidation sites excluding steroid dienone is 1. The Morgan fingerprint density at radius 1 is 0.467 bits per heavy atom. The van der Waals surface area contributed by atoms with Crippen molar-refractivity contribution in [1.29, 1.82) is 0 Å². The maximum Gasteiger partial charge on any atom is 2.00 e. The molecule has 8 heterocycles. The van der Waals surface area contributed by atoms with E-state index >= 15 is 0 Å². The number of carbonyl (C=O) groups excluding carboxylic acids is 3. The number of hydrogen-bond acceptors (Lipinski definition) is 17. The molecule has 0 amide bonds. The second-order valence-electron chi connectivity index (χ2n) is 29.3. The van der Waals surface area contributed by atoms with Crippen LogP contribution >= 0.6 is 0 Å². The van der Waals surface area contributed by atoms with E-state index in [2.05, 4.69) is 212 Å². The van der Waals surface area contributed by atoms with Gasteiger partial charge in [-0.15, -0.1) is 0 Å². The average Bonchev–Trinajstić information content (AvgIpc) is 1.75. The van der Waals surface area contributed by atoms with E-state index in [9.17, 15) is 14.4 Å². The molecule has 0 bridgehead atoms. The van der Waals surface area contributed by atoms with Crippen molar-refractivity contribution < 1.29 is 40.2 Å². The van der Waals surface area contributed by atoms with Crippen LogP contribution in [-0.2, 0) is 75.5 Å². The number of aryl methyl sites for hydroxylation is 2. The minimum Gasteiger partial charge on any atom is -0.572 e. The molecule has 0 saturated carbocycles. The molecule has 0 aromatic carbocycles. The van der Waals surface area contributed by atoms with Crippen molar-refractivity contribution in [2.45, 2.75) is 217 Å². The van der Waals surface area contributed by atoms with Gasteiger partial charge in [-0.25, -0.2) is 54.6 Å². The van der Waals surface area contributed by atoms with Crippen molar-refractivity contribution in [1.82, 2.24) is 70.2 Å². The zero-order valence-electron chi connectivity index (χ0n) is 59.6. The van der Waals surface area contributed by atoms with Gasteiger partial charge in [0.2, 0.25) is 11.6 Å². The summed E-state index contributed by atoms with van der Waals surface area (Å²) in [5.74, 6) is 0.881. The summed E-state index contributed by atoms with van der Waals surface area (Å²) in [5.41, 5.74) is 16.1. The normalized spacial score (nSPS) is 12.7. The van der Waals surface area contributed by atoms with E-state index < -0.39 is 11.9 Å². The zero-order valence-corrected chi connectivity index (χ0v) is 61.9. The van der Waals surface area contributed by atoms with Crippen molar-refractivity contribution in [3.8, 4) is 23.0 Å². The fourth-order valence-corrected chi connectivity index (χ4v) is 9.75. The Morgan fingerprint density at radius 3 is 1.03 bits per heavy atom. The van der Waals surface area contributed by atoms with Gasteiger partial charge in [0.05, 0.1) is 19.6 Å². The van der Waals surface area contributed by atoms with Crippen LogP contribution in [0.1, 0.15) is 236 Å². The van der Waals surface area contributed by atoms with Crippen molar-refractivity contribution >= 4 is 28.8 Å². The van der Waals surface area contributed by atoms with E-state index in [1.807, 2.05) is 51.0 Å². The van der Waals surface area contributed by atoms with Crippen LogP contribution < -0.4 is 10.2 Å². The zero-order chi connectivity index (χ0) is 68.2. The summed E-state index contributed by atoms with van der Waals surface area (Å²) in [6, 6.07) is 0. The van der Waals surface area contributed by atoms with Crippen LogP contribution in [0.2, 0.25) is 0 Å². The van der Waals surface area contributed by atoms with Gasteiger partial charge in [-0.2, -0.15) is 0 Å². The summed E-state index contributed by atoms with van der Waals surface area (Å²) in [4.78, 5) is 81.9. The molecule has 1 aliphatic heterocycles. The minimum absolute atomic E-state index is 0. The monoisotopic (exact) mass is 1440 g/mol. The van der Waals surface area contributed by atoms with Crippen molar-refractivity contribution in [3.63, 3.8) is 0 Å². The second-order valence-corrected chi connectivity index (χ2v) is 29.3. The van der Waals surface area contributed by atoms with Crippen LogP contribution in [0.4, 0.5) is 0 Å². The SMILES string of the molecule is CCC(=O)C(C)C(=O)c1ncc(CC(C)(C)C)cn1.CCC1=NCC(c2ncc(CC(C)(C)C)cn2)=C1C.CCc1n[n-]c(-c2ncc(CC(C)(C)C)cn2)c1C.CCc1n[n-]c(-c2ncc(CC(C)(C)C)cn2)c1C.COC(=O)c1ncc(CC(C)(C)C)cn1.[Pt+2]. The predicted molar refractivity (Wildman–Crippen MR) is 363 cm³/mol. The molecule has 7 aromatic heterocycles. The molecule has 8 rings (SSSR count). The third-order valence-electron chi connectivity index (χ3n) is 14.1. The summed E-state index contributed by atoms with van der Waals surface area (Å²) < 4.78 is 4.51. The number of ether oxygens (including phenoxy) is 1. The second kappa shape index (κ2) is 35.1. The molecule has 0 saturated heterocycles. The van der Waals surface area contributed by atoms with E-state index in [1.165, 1.54) is 29.5 Å². The summed E-state index contributed by atoms with van der Waals surface area (Å²) in [6.07, 6.45) is 26.0. The molecular formula is C72H103N15O4Pt. The molecule has 0 spiro atoms. The number of nitrogens with zero attached hydrogens (tertiary/aromatic N) is 15. The molecule has 19 nitrogen and oxygen atoms in total. The van der Waals surface area contributed by atoms with Crippen molar-refractivity contribution in [3.05, 3.63) is 135 Å². The minimum atomic E-state index is -0.654. The number of esters is 1. The van der Waals surface area contributed by atoms with Crippen LogP contribution in [0.25, 0.3) is 28.6 Å². The van der Waals surface area contributed by atoms with E-state index in [4.69, 9.17) is 0 Å². The molecule has 7 aromatic rings. The van der Waals surface area contributed by atoms with Crippen LogP contribution in [0.5, 0.6) is 0 Å². The van der Waals surface area contributed by atoms with Gasteiger partial charge in [-0.3, -0.25) is 14.6 Å². The van der Waals surface area contributed by atoms with E-state index in [-0.39, 0.29) is 71.4 Å². The number of hydrogen-bond donors (Lipinski definition) is 0. The predicted octanol–water partition coefficient (Wildman–Crippen LogP) is 14.3. The first-order chi connectivity index (χ1) is 42.4. The Bertz CT molecular complexity index is 3400. The van der Waals surface area contributed by atoms with E-state index in [0.717, 1.165) is 120 Å². The number of carbonyl (C=O) groups is 3. The maximum atomic E-state index is 12.0. The molecule has 20 heteroatoms. The Kier molecular flexibility index (Phi) is 30.1. The number of methoxy groups -OCH3 is 1. The van der Waals surface area contributed by atoms with Gasteiger partial charge in [0.25, 0.3) is 0 Å². The van der Waals surface area contributed by atoms with Gasteiger partial charge in [-0.05, 0) is 151 Å². The number of aromatic nitrogens is 14. The molecule has 1 aliphatic rings. The Labute approximate surface area is 563 Å². The molecule has 92 heavy (non-hydrogen) atoms. The van der Waals surface area contributed by atoms with Crippen molar-refractivity contribution in [2.75, 3.05) is 13.7 Å². The molecule has 1 atom stereocenters. The largest absolute Gasteiger partial charge is 2.00 e. The topological polar surface area (TPSA) is 256 Å². The summed E-state index contributed by atoms with van der Waals surface area (Å²) in [7, 11) is 1.31. The summed E-state index contributed by atoms with van der Waals surface area (Å²) in [6.45, 7) is 49.3. The first-order valence-corrected chi connectivity index (χ1v) is 31.8. The van der Waals surface area contributed by atoms with Gasteiger partial charge in [0.15, 0.2) is 11.6 Å². The standard InChI is InChI=1S/C16H23N3.2C15H21N4.C15H22N2O2.C11H16N2O2.Pt/c1-6-14-11(2)13(10-17-14)15-18-8-12(9-19-15)7-16(3,4)5;2*1-6-12-10(2)13(19-18-12)14-16-8-11(9-17-14)7-15(3,4)5;1-6-12(18)10(2)13(19)14-16-8-11(9-17-14)7-15(3,4)5;1-11(2,3)5-8-6-12-9(13-7-8)10(14)15-4;/h8-9H,6-7,10H2,1-5H3;2*8-9H,6-7H2,1-5H3;8-10H,6-7H2,1-5H3;6-7H,5H2,1-4H3;/q;2*-1;;;+2. The van der Waals surface area contributed by atoms with Gasteiger partial charge < -0.3 is 25.1 Å². The number of ketones is 2. The molecular weight excluding hydrogens is 1330 g/mol. The molecule has 500 valence electrons. The molecule has 0 N–H and O–H groups in total. The maximum absolute atomic E-state index is 12.0. The molecule has 0 fully saturated rings. The molecule has 0 radical (unpaired) electrons. The quantitative estimate of drug-likeness (QED) is 0.0495. The summed E-state index contributed by atoms with van der Waals surface area (Å²) in [5, 5.41) is 16.7. The van der Waals surface area contributed by atoms with Gasteiger partial charge in [0, 0.05) is 91.1 Å². The van der Waals surface area contributed by atoms with E-state index in [0.29, 0.717) is 18.1 Å². The first-order valence-electron chi connectivity index (χ1n) is 31.8. The van der Waals surface area contributed by atoms with Crippen LogP contribution in [0.15, 0.2) is 72.5 Å². The average molecular weight is 1440 g/mol. The van der Waals surface area contributed by atoms with Gasteiger partial charge in [0.1, 0.15) is 17.4 Å². The van der Waals surface area contributed by atoms with Gasteiger partial charge in [-0.1, -0.05) is 143 Å². The number of Topliss-reactive ketones (excluding diaryl/α,β-unsaturated/α-hetero) is 2.